The summed E-state index contributed by atoms with van der Waals surface area (Å²) in [7, 11) is 3.16. The van der Waals surface area contributed by atoms with Gasteiger partial charge < -0.3 is 33.9 Å². The van der Waals surface area contributed by atoms with Crippen LogP contribution in [0, 0.1) is 0 Å². The topological polar surface area (TPSA) is 159 Å². The molecule has 3 aromatic carbocycles. The molecule has 236 valence electrons. The van der Waals surface area contributed by atoms with Gasteiger partial charge in [0.2, 0.25) is 0 Å². The number of aromatic nitrogens is 2. The van der Waals surface area contributed by atoms with Crippen molar-refractivity contribution in [3.05, 3.63) is 129 Å². The molecule has 1 aromatic heterocycles. The lowest BCUT2D eigenvalue weighted by atomic mass is 9.80. The molecule has 0 radical (unpaired) electrons. The molecule has 0 bridgehead atoms. The van der Waals surface area contributed by atoms with Crippen LogP contribution < -0.4 is 20.7 Å². The van der Waals surface area contributed by atoms with Crippen molar-refractivity contribution in [2.24, 2.45) is 0 Å². The van der Waals surface area contributed by atoms with Crippen LogP contribution in [-0.4, -0.2) is 71.5 Å². The number of aliphatic carboxylic acids is 1. The number of aliphatic hydroxyl groups is 1. The van der Waals surface area contributed by atoms with Crippen LogP contribution in [0.1, 0.15) is 29.3 Å². The normalized spacial score (nSPS) is 19.7. The summed E-state index contributed by atoms with van der Waals surface area (Å²) in [6.45, 7) is -0.421. The quantitative estimate of drug-likeness (QED) is 0.190. The van der Waals surface area contributed by atoms with Crippen molar-refractivity contribution in [1.82, 2.24) is 9.55 Å². The predicted molar refractivity (Wildman–Crippen MR) is 161 cm³/mol. The fraction of sp³-hybridized carbons (Fsp3) is 0.303. The number of nitrogens with one attached hydrogen (secondary N) is 1. The van der Waals surface area contributed by atoms with Crippen molar-refractivity contribution in [3.8, 4) is 11.5 Å². The van der Waals surface area contributed by atoms with Crippen molar-refractivity contribution >= 4 is 5.97 Å². The molecule has 1 aliphatic rings. The first-order chi connectivity index (χ1) is 21.8. The van der Waals surface area contributed by atoms with Crippen molar-refractivity contribution < 1.29 is 38.7 Å². The number of carboxylic acid groups (broad SMARTS) is 1. The Morgan fingerprint density at radius 3 is 2.00 bits per heavy atom. The Bertz CT molecular complexity index is 1640. The van der Waals surface area contributed by atoms with Crippen LogP contribution in [0.5, 0.6) is 11.5 Å². The number of hydrogen-bond acceptors (Lipinski definition) is 9. The Labute approximate surface area is 258 Å². The van der Waals surface area contributed by atoms with E-state index in [9.17, 15) is 19.5 Å². The highest BCUT2D eigenvalue weighted by Crippen LogP contribution is 2.43. The number of carbonyl (C=O) groups is 1. The molecule has 45 heavy (non-hydrogen) atoms. The smallest absolute Gasteiger partial charge is 0.330 e. The van der Waals surface area contributed by atoms with Gasteiger partial charge in [-0.15, -0.1) is 0 Å². The Kier molecular flexibility index (Phi) is 9.79. The summed E-state index contributed by atoms with van der Waals surface area (Å²) >= 11 is 0. The minimum absolute atomic E-state index is 0.179. The average Bonchev–Trinajstić information content (AvgIpc) is 3.36. The highest BCUT2D eigenvalue weighted by molar-refractivity contribution is 5.66. The van der Waals surface area contributed by atoms with Gasteiger partial charge in [-0.1, -0.05) is 54.6 Å². The number of nitrogens with zero attached hydrogens (tertiary/aromatic N) is 1. The van der Waals surface area contributed by atoms with Gasteiger partial charge in [-0.2, -0.15) is 0 Å². The zero-order chi connectivity index (χ0) is 32.0. The largest absolute Gasteiger partial charge is 0.497 e. The summed E-state index contributed by atoms with van der Waals surface area (Å²) in [5.41, 5.74) is -0.289. The van der Waals surface area contributed by atoms with Crippen LogP contribution in [0.15, 0.2) is 101 Å². The molecular weight excluding hydrogens is 584 g/mol. The molecule has 0 spiro atoms. The molecular formula is C33H34N2O10. The third kappa shape index (κ3) is 6.69. The second-order valence-corrected chi connectivity index (χ2v) is 10.4. The number of carboxylic acids is 1. The monoisotopic (exact) mass is 618 g/mol. The molecule has 4 aromatic rings. The summed E-state index contributed by atoms with van der Waals surface area (Å²) in [6, 6.07) is 25.6. The van der Waals surface area contributed by atoms with Gasteiger partial charge in [0, 0.05) is 12.3 Å². The second kappa shape index (κ2) is 13.9. The summed E-state index contributed by atoms with van der Waals surface area (Å²) < 4.78 is 30.7. The Balaban J connectivity index is 1.55. The van der Waals surface area contributed by atoms with E-state index in [1.54, 1.807) is 14.2 Å². The molecule has 5 rings (SSSR count). The van der Waals surface area contributed by atoms with E-state index in [2.05, 4.69) is 4.98 Å². The molecule has 0 aliphatic carbocycles. The molecule has 1 aliphatic heterocycles. The molecule has 12 heteroatoms. The van der Waals surface area contributed by atoms with Gasteiger partial charge in [-0.05, 0) is 41.0 Å². The lowest BCUT2D eigenvalue weighted by Gasteiger charge is -2.37. The molecule has 3 N–H and O–H groups in total. The molecule has 2 heterocycles. The van der Waals surface area contributed by atoms with Gasteiger partial charge in [0.15, 0.2) is 6.23 Å². The van der Waals surface area contributed by atoms with E-state index in [0.717, 1.165) is 27.3 Å². The molecule has 0 unspecified atom stereocenters. The van der Waals surface area contributed by atoms with Crippen molar-refractivity contribution in [1.29, 1.82) is 0 Å². The lowest BCUT2D eigenvalue weighted by Crippen LogP contribution is -2.41. The number of aliphatic hydroxyl groups excluding tert-OH is 1. The van der Waals surface area contributed by atoms with E-state index >= 15 is 0 Å². The van der Waals surface area contributed by atoms with Gasteiger partial charge in [-0.25, -0.2) is 4.79 Å². The Morgan fingerprint density at radius 1 is 0.889 bits per heavy atom. The second-order valence-electron chi connectivity index (χ2n) is 10.4. The van der Waals surface area contributed by atoms with Crippen molar-refractivity contribution in [2.45, 2.75) is 36.6 Å². The standard InChI is InChI=1S/C33H34N2O10/c1-41-24-12-8-22(9-13-24)33(21-6-4-3-5-7-21,23-10-14-25(42-2)15-11-23)44-20-26-29(39)30(43-19-17-28(37)38)31(45-26)35-18-16-27(36)34-32(35)40/h3-16,18,26,29-31,39H,17,19-20H2,1-2H3,(H,37,38)(H,34,36,40)/t26-,29-,30-,31-/m1/s1. The first kappa shape index (κ1) is 31.7. The minimum Gasteiger partial charge on any atom is -0.497 e. The first-order valence-corrected chi connectivity index (χ1v) is 14.2. The Hall–Kier alpha value is -4.75. The number of benzene rings is 3. The van der Waals surface area contributed by atoms with Gasteiger partial charge in [0.05, 0.1) is 33.9 Å². The van der Waals surface area contributed by atoms with Crippen LogP contribution in [0.2, 0.25) is 0 Å². The van der Waals surface area contributed by atoms with Crippen LogP contribution in [0.4, 0.5) is 0 Å². The number of hydrogen-bond donors (Lipinski definition) is 3. The van der Waals surface area contributed by atoms with Crippen LogP contribution in [0.25, 0.3) is 0 Å². The summed E-state index contributed by atoms with van der Waals surface area (Å²) in [6.07, 6.45) is -3.78. The highest BCUT2D eigenvalue weighted by Gasteiger charge is 2.48. The van der Waals surface area contributed by atoms with Crippen LogP contribution >= 0.6 is 0 Å². The SMILES string of the molecule is COc1ccc(C(OC[C@H]2O[C@@H](n3ccc(=O)[nH]c3=O)[C@H](OCCC(=O)O)[C@@H]2O)(c2ccccc2)c2ccc(OC)cc2)cc1. The maximum absolute atomic E-state index is 12.7. The summed E-state index contributed by atoms with van der Waals surface area (Å²) in [5, 5.41) is 20.6. The fourth-order valence-electron chi connectivity index (χ4n) is 5.45. The van der Waals surface area contributed by atoms with Gasteiger partial charge >= 0.3 is 11.7 Å². The minimum atomic E-state index is -1.33. The van der Waals surface area contributed by atoms with E-state index < -0.39 is 47.4 Å². The van der Waals surface area contributed by atoms with E-state index in [4.69, 9.17) is 28.8 Å². The van der Waals surface area contributed by atoms with Crippen LogP contribution in [-0.2, 0) is 24.6 Å². The molecule has 1 saturated heterocycles. The van der Waals surface area contributed by atoms with Gasteiger partial charge in [-0.3, -0.25) is 19.1 Å². The lowest BCUT2D eigenvalue weighted by molar-refractivity contribution is -0.140. The third-order valence-electron chi connectivity index (χ3n) is 7.70. The van der Waals surface area contributed by atoms with Crippen LogP contribution in [0.3, 0.4) is 0 Å². The summed E-state index contributed by atoms with van der Waals surface area (Å²) in [4.78, 5) is 37.7. The fourth-order valence-corrected chi connectivity index (χ4v) is 5.45. The zero-order valence-electron chi connectivity index (χ0n) is 24.7. The maximum Gasteiger partial charge on any atom is 0.330 e. The average molecular weight is 619 g/mol. The van der Waals surface area contributed by atoms with Gasteiger partial charge in [0.1, 0.15) is 35.4 Å². The van der Waals surface area contributed by atoms with Crippen molar-refractivity contribution in [2.75, 3.05) is 27.4 Å². The predicted octanol–water partition coefficient (Wildman–Crippen LogP) is 2.68. The highest BCUT2D eigenvalue weighted by atomic mass is 16.6. The number of ether oxygens (including phenoxy) is 5. The molecule has 0 amide bonds. The van der Waals surface area contributed by atoms with Crippen molar-refractivity contribution in [3.63, 3.8) is 0 Å². The van der Waals surface area contributed by atoms with Gasteiger partial charge in [0.25, 0.3) is 5.56 Å². The number of aromatic amines is 1. The number of methoxy groups -OCH3 is 2. The van der Waals surface area contributed by atoms with E-state index in [0.29, 0.717) is 11.5 Å². The number of H-pyrrole nitrogens is 1. The maximum atomic E-state index is 12.7. The zero-order valence-corrected chi connectivity index (χ0v) is 24.7. The summed E-state index contributed by atoms with van der Waals surface area (Å²) in [5.74, 6) is 0.216. The number of rotatable bonds is 13. The first-order valence-electron chi connectivity index (χ1n) is 14.2. The molecule has 0 saturated carbocycles. The third-order valence-corrected chi connectivity index (χ3v) is 7.70. The Morgan fingerprint density at radius 2 is 1.47 bits per heavy atom. The van der Waals surface area contributed by atoms with E-state index in [-0.39, 0.29) is 19.6 Å². The molecule has 1 fully saturated rings. The van der Waals surface area contributed by atoms with E-state index in [1.807, 2.05) is 78.9 Å². The molecule has 12 nitrogen and oxygen atoms in total. The molecule has 4 atom stereocenters. The van der Waals surface area contributed by atoms with E-state index in [1.165, 1.54) is 6.20 Å².